The van der Waals surface area contributed by atoms with Crippen LogP contribution in [0.2, 0.25) is 0 Å². The van der Waals surface area contributed by atoms with Gasteiger partial charge in [0.25, 0.3) is 10.1 Å². The van der Waals surface area contributed by atoms with E-state index in [1.165, 1.54) is 44.9 Å². The van der Waals surface area contributed by atoms with Gasteiger partial charge in [-0.2, -0.15) is 8.42 Å². The van der Waals surface area contributed by atoms with Crippen molar-refractivity contribution in [1.29, 1.82) is 0 Å². The van der Waals surface area contributed by atoms with Gasteiger partial charge in [0.15, 0.2) is 12.4 Å². The zero-order valence-corrected chi connectivity index (χ0v) is 42.2. The first-order valence-corrected chi connectivity index (χ1v) is 27.1. The standard InChI is InChI=1S/C55H88O12S/c1-3-5-7-9-11-13-15-17-19-21-23-24-26-28-30-32-34-36-38-40-42-44-51(57)66-48(46-65-55-54(60)53(59)52(58)49(67-55)47-68(61,62)63)45-64-50(56)43-41-39-37-35-33-31-29-27-25-22-20-18-16-14-12-10-8-6-4-2/h6,8,12,14,18-21,24-27,30-33,36,38,48-49,52-55,58-60H,3-5,7,9-11,13,15-17,22-23,28-29,34-35,37,39-47H2,1-2H3,(H,61,62,63)/b8-6+,14-12+,20-18+,21-19+,26-24+,27-25+,32-30+,33-31+,38-36+/t48-,49-,52-,53?,54?,55+/m1/s1. The number of aliphatic hydroxyl groups excluding tert-OH is 3. The maximum atomic E-state index is 12.9. The van der Waals surface area contributed by atoms with Crippen LogP contribution in [-0.4, -0.2) is 96.0 Å². The summed E-state index contributed by atoms with van der Waals surface area (Å²) in [6, 6.07) is 0. The highest BCUT2D eigenvalue weighted by atomic mass is 32.2. The third-order valence-electron chi connectivity index (χ3n) is 10.8. The van der Waals surface area contributed by atoms with Crippen molar-refractivity contribution >= 4 is 22.1 Å². The average Bonchev–Trinajstić information content (AvgIpc) is 3.31. The van der Waals surface area contributed by atoms with Crippen LogP contribution in [0.15, 0.2) is 109 Å². The zero-order valence-electron chi connectivity index (χ0n) is 41.4. The van der Waals surface area contributed by atoms with E-state index >= 15 is 0 Å². The molecule has 0 saturated carbocycles. The van der Waals surface area contributed by atoms with Crippen molar-refractivity contribution in [3.8, 4) is 0 Å². The summed E-state index contributed by atoms with van der Waals surface area (Å²) < 4.78 is 54.1. The molecule has 0 spiro atoms. The summed E-state index contributed by atoms with van der Waals surface area (Å²) in [5, 5.41) is 31.0. The first-order chi connectivity index (χ1) is 33.0. The van der Waals surface area contributed by atoms with Gasteiger partial charge in [-0.3, -0.25) is 14.1 Å². The van der Waals surface area contributed by atoms with Crippen LogP contribution in [-0.2, 0) is 38.7 Å². The molecule has 0 amide bonds. The lowest BCUT2D eigenvalue weighted by atomic mass is 10.00. The van der Waals surface area contributed by atoms with E-state index in [4.69, 9.17) is 18.9 Å². The molecule has 386 valence electrons. The number of hydrogen-bond acceptors (Lipinski definition) is 11. The Bertz CT molecular complexity index is 1660. The van der Waals surface area contributed by atoms with Crippen LogP contribution in [0, 0.1) is 0 Å². The lowest BCUT2D eigenvalue weighted by Gasteiger charge is -2.40. The van der Waals surface area contributed by atoms with Crippen LogP contribution in [0.4, 0.5) is 0 Å². The van der Waals surface area contributed by atoms with E-state index in [-0.39, 0.29) is 19.4 Å². The number of hydrogen-bond donors (Lipinski definition) is 4. The van der Waals surface area contributed by atoms with Gasteiger partial charge < -0.3 is 34.3 Å². The second-order valence-electron chi connectivity index (χ2n) is 17.1. The Balaban J connectivity index is 2.47. The van der Waals surface area contributed by atoms with Crippen LogP contribution >= 0.6 is 0 Å². The Morgan fingerprint density at radius 1 is 0.515 bits per heavy atom. The van der Waals surface area contributed by atoms with E-state index in [0.717, 1.165) is 77.0 Å². The molecule has 0 aromatic carbocycles. The van der Waals surface area contributed by atoms with Crippen molar-refractivity contribution in [1.82, 2.24) is 0 Å². The van der Waals surface area contributed by atoms with Gasteiger partial charge in [0.1, 0.15) is 36.8 Å². The molecule has 1 heterocycles. The van der Waals surface area contributed by atoms with Gasteiger partial charge in [-0.15, -0.1) is 0 Å². The van der Waals surface area contributed by atoms with E-state index < -0.39 is 71.2 Å². The summed E-state index contributed by atoms with van der Waals surface area (Å²) in [5.74, 6) is -2.11. The highest BCUT2D eigenvalue weighted by molar-refractivity contribution is 7.85. The Kier molecular flexibility index (Phi) is 39.7. The van der Waals surface area contributed by atoms with Crippen molar-refractivity contribution in [2.24, 2.45) is 0 Å². The van der Waals surface area contributed by atoms with E-state index in [0.29, 0.717) is 19.3 Å². The zero-order chi connectivity index (χ0) is 49.8. The first-order valence-electron chi connectivity index (χ1n) is 25.4. The minimum Gasteiger partial charge on any atom is -0.462 e. The summed E-state index contributed by atoms with van der Waals surface area (Å²) in [7, 11) is -4.62. The van der Waals surface area contributed by atoms with Gasteiger partial charge in [0.2, 0.25) is 0 Å². The Labute approximate surface area is 410 Å². The summed E-state index contributed by atoms with van der Waals surface area (Å²) in [6.07, 6.45) is 51.3. The predicted octanol–water partition coefficient (Wildman–Crippen LogP) is 11.6. The molecular formula is C55H88O12S. The molecule has 4 N–H and O–H groups in total. The topological polar surface area (TPSA) is 186 Å². The molecule has 6 atom stereocenters. The van der Waals surface area contributed by atoms with Crippen molar-refractivity contribution in [2.45, 2.75) is 205 Å². The Hall–Kier alpha value is -3.69. The van der Waals surface area contributed by atoms with Crippen molar-refractivity contribution in [3.05, 3.63) is 109 Å². The second kappa shape index (κ2) is 43.3. The molecule has 1 saturated heterocycles. The summed E-state index contributed by atoms with van der Waals surface area (Å²) in [4.78, 5) is 25.5. The molecule has 1 rings (SSSR count). The summed E-state index contributed by atoms with van der Waals surface area (Å²) in [6.45, 7) is 3.57. The number of allylic oxidation sites excluding steroid dienone is 18. The summed E-state index contributed by atoms with van der Waals surface area (Å²) in [5.41, 5.74) is 0. The number of esters is 2. The van der Waals surface area contributed by atoms with Gasteiger partial charge in [-0.05, 0) is 96.3 Å². The molecule has 1 aliphatic rings. The number of ether oxygens (including phenoxy) is 4. The quantitative estimate of drug-likeness (QED) is 0.0197. The van der Waals surface area contributed by atoms with E-state index in [9.17, 15) is 37.9 Å². The molecule has 0 aromatic rings. The van der Waals surface area contributed by atoms with E-state index in [2.05, 4.69) is 111 Å². The molecule has 13 heteroatoms. The highest BCUT2D eigenvalue weighted by Gasteiger charge is 2.46. The van der Waals surface area contributed by atoms with Crippen LogP contribution in [0.5, 0.6) is 0 Å². The maximum absolute atomic E-state index is 12.9. The molecule has 1 aliphatic heterocycles. The normalized spacial score (nSPS) is 20.1. The molecule has 68 heavy (non-hydrogen) atoms. The molecule has 0 radical (unpaired) electrons. The SMILES string of the molecule is CC/C=C/C/C=C/C/C=C/C/C=C/C/C=C/CCCCCC(=O)OC[C@H](CO[C@H]1O[C@H](CS(=O)(=O)O)[C@@H](O)C(O)C1O)OC(=O)CCC/C=C/C/C=C/C/C=C/C/C=C/CCCCCCCCC. The number of rotatable bonds is 41. The monoisotopic (exact) mass is 973 g/mol. The number of aliphatic hydroxyl groups is 3. The van der Waals surface area contributed by atoms with Crippen molar-refractivity contribution in [2.75, 3.05) is 19.0 Å². The largest absolute Gasteiger partial charge is 0.462 e. The highest BCUT2D eigenvalue weighted by Crippen LogP contribution is 2.24. The molecule has 1 fully saturated rings. The smallest absolute Gasteiger partial charge is 0.306 e. The maximum Gasteiger partial charge on any atom is 0.306 e. The van der Waals surface area contributed by atoms with Crippen LogP contribution in [0.1, 0.15) is 168 Å². The van der Waals surface area contributed by atoms with Gasteiger partial charge in [0, 0.05) is 12.8 Å². The second-order valence-corrected chi connectivity index (χ2v) is 18.6. The lowest BCUT2D eigenvalue weighted by molar-refractivity contribution is -0.297. The van der Waals surface area contributed by atoms with E-state index in [1.54, 1.807) is 0 Å². The minimum absolute atomic E-state index is 0.0741. The fourth-order valence-electron chi connectivity index (χ4n) is 6.93. The lowest BCUT2D eigenvalue weighted by Crippen LogP contribution is -2.60. The van der Waals surface area contributed by atoms with Gasteiger partial charge >= 0.3 is 11.9 Å². The number of unbranched alkanes of at least 4 members (excludes halogenated alkanes) is 11. The third-order valence-corrected chi connectivity index (χ3v) is 11.6. The molecule has 0 aromatic heterocycles. The number of carbonyl (C=O) groups is 2. The number of carbonyl (C=O) groups excluding carboxylic acids is 2. The Morgan fingerprint density at radius 3 is 1.43 bits per heavy atom. The van der Waals surface area contributed by atoms with Crippen LogP contribution < -0.4 is 0 Å². The van der Waals surface area contributed by atoms with Crippen molar-refractivity contribution < 1.29 is 56.8 Å². The van der Waals surface area contributed by atoms with Crippen LogP contribution in [0.25, 0.3) is 0 Å². The fraction of sp³-hybridized carbons (Fsp3) is 0.636. The van der Waals surface area contributed by atoms with Gasteiger partial charge in [0.05, 0.1) is 6.61 Å². The average molecular weight is 973 g/mol. The molecule has 2 unspecified atom stereocenters. The van der Waals surface area contributed by atoms with E-state index in [1.807, 2.05) is 12.2 Å². The molecule has 12 nitrogen and oxygen atoms in total. The van der Waals surface area contributed by atoms with Gasteiger partial charge in [-0.25, -0.2) is 0 Å². The fourth-order valence-corrected chi connectivity index (χ4v) is 7.62. The third kappa shape index (κ3) is 37.2. The molecule has 0 bridgehead atoms. The predicted molar refractivity (Wildman–Crippen MR) is 274 cm³/mol. The van der Waals surface area contributed by atoms with Gasteiger partial charge in [-0.1, -0.05) is 168 Å². The Morgan fingerprint density at radius 2 is 0.941 bits per heavy atom. The minimum atomic E-state index is -4.62. The molecular weight excluding hydrogens is 885 g/mol. The van der Waals surface area contributed by atoms with Crippen molar-refractivity contribution in [3.63, 3.8) is 0 Å². The molecule has 0 aliphatic carbocycles. The van der Waals surface area contributed by atoms with Crippen LogP contribution in [0.3, 0.4) is 0 Å². The summed E-state index contributed by atoms with van der Waals surface area (Å²) >= 11 is 0. The first kappa shape index (κ1) is 62.3.